The normalized spacial score (nSPS) is 26.9. The van der Waals surface area contributed by atoms with Crippen molar-refractivity contribution >= 4 is 77.2 Å². The van der Waals surface area contributed by atoms with Crippen molar-refractivity contribution in [3.05, 3.63) is 241 Å². The summed E-state index contributed by atoms with van der Waals surface area (Å²) in [5, 5.41) is 10.4. The molecule has 0 radical (unpaired) electrons. The quantitative estimate of drug-likeness (QED) is 0.147. The zero-order valence-corrected chi connectivity index (χ0v) is 55.9. The van der Waals surface area contributed by atoms with E-state index in [9.17, 15) is 0 Å². The van der Waals surface area contributed by atoms with Gasteiger partial charge in [-0.3, -0.25) is 0 Å². The first-order valence-corrected chi connectivity index (χ1v) is 34.2. The Balaban J connectivity index is 0.935. The van der Waals surface area contributed by atoms with Gasteiger partial charge in [-0.1, -0.05) is 202 Å². The van der Waals surface area contributed by atoms with Gasteiger partial charge in [0.05, 0.1) is 16.6 Å². The predicted molar refractivity (Wildman–Crippen MR) is 391 cm³/mol. The lowest BCUT2D eigenvalue weighted by atomic mass is 9.71. The Morgan fingerprint density at radius 3 is 0.935 bits per heavy atom. The smallest absolute Gasteiger partial charge is 0.0523 e. The number of rotatable bonds is 7. The Kier molecular flexibility index (Phi) is 11.2. The summed E-state index contributed by atoms with van der Waals surface area (Å²) in [4.78, 5) is 8.16. The van der Waals surface area contributed by atoms with Gasteiger partial charge < -0.3 is 14.7 Å². The number of fused-ring (bicyclic) bond motifs is 10. The Hall–Kier alpha value is -8.66. The van der Waals surface area contributed by atoms with E-state index in [0.29, 0.717) is 0 Å². The Bertz CT molecular complexity index is 4940. The van der Waals surface area contributed by atoms with Crippen molar-refractivity contribution in [3.8, 4) is 44.5 Å². The van der Waals surface area contributed by atoms with Gasteiger partial charge in [0.2, 0.25) is 0 Å². The number of para-hydroxylation sites is 3. The van der Waals surface area contributed by atoms with Gasteiger partial charge in [-0.15, -0.1) is 0 Å². The number of nitrogens with zero attached hydrogens (tertiary/aromatic N) is 3. The second kappa shape index (κ2) is 18.3. The first-order valence-electron chi connectivity index (χ1n) is 34.2. The summed E-state index contributed by atoms with van der Waals surface area (Å²) in [6.07, 6.45) is 6.69. The zero-order chi connectivity index (χ0) is 63.1. The molecule has 0 N–H and O–H groups in total. The van der Waals surface area contributed by atoms with E-state index in [1.165, 1.54) is 138 Å². The van der Waals surface area contributed by atoms with Crippen molar-refractivity contribution in [1.82, 2.24) is 0 Å². The molecule has 3 nitrogen and oxygen atoms in total. The van der Waals surface area contributed by atoms with Crippen LogP contribution in [0.3, 0.4) is 0 Å². The Morgan fingerprint density at radius 2 is 0.565 bits per heavy atom. The van der Waals surface area contributed by atoms with Crippen LogP contribution in [-0.2, 0) is 16.2 Å². The predicted octanol–water partition coefficient (Wildman–Crippen LogP) is 24.4. The zero-order valence-electron chi connectivity index (χ0n) is 55.9. The minimum atomic E-state index is -0.111. The topological polar surface area (TPSA) is 9.72 Å². The highest BCUT2D eigenvalue weighted by Gasteiger charge is 2.67. The molecule has 92 heavy (non-hydrogen) atoms. The second-order valence-electron chi connectivity index (χ2n) is 33.1. The average molecular weight is 1200 g/mol. The summed E-state index contributed by atoms with van der Waals surface area (Å²) < 4.78 is 0. The molecule has 3 saturated carbocycles. The van der Waals surface area contributed by atoms with Gasteiger partial charge in [-0.25, -0.2) is 0 Å². The summed E-state index contributed by atoms with van der Waals surface area (Å²) >= 11 is 0. The van der Waals surface area contributed by atoms with Crippen LogP contribution < -0.4 is 14.7 Å². The largest absolute Gasteiger partial charge is 0.334 e. The van der Waals surface area contributed by atoms with E-state index < -0.39 is 0 Å². The highest BCUT2D eigenvalue weighted by molar-refractivity contribution is 6.32. The van der Waals surface area contributed by atoms with Crippen LogP contribution in [0, 0.1) is 16.2 Å². The van der Waals surface area contributed by atoms with E-state index in [4.69, 9.17) is 0 Å². The molecule has 0 spiro atoms. The van der Waals surface area contributed by atoms with Gasteiger partial charge in [0, 0.05) is 50.4 Å². The van der Waals surface area contributed by atoms with Crippen molar-refractivity contribution in [2.24, 2.45) is 16.2 Å². The number of hydrogen-bond donors (Lipinski definition) is 0. The van der Waals surface area contributed by atoms with Crippen molar-refractivity contribution in [2.75, 3.05) is 14.7 Å². The van der Waals surface area contributed by atoms with Crippen LogP contribution in [0.5, 0.6) is 0 Å². The van der Waals surface area contributed by atoms with Crippen LogP contribution in [0.2, 0.25) is 0 Å². The van der Waals surface area contributed by atoms with E-state index in [0.717, 1.165) is 38.5 Å². The first kappa shape index (κ1) is 56.1. The maximum absolute atomic E-state index is 2.72. The number of benzene rings is 12. The highest BCUT2D eigenvalue weighted by atomic mass is 15.3. The molecule has 0 saturated heterocycles. The number of hydrogen-bond acceptors (Lipinski definition) is 3. The van der Waals surface area contributed by atoms with Crippen molar-refractivity contribution in [2.45, 2.75) is 154 Å². The standard InChI is InChI=1S/C89H85N3/c1-81(2)50-84(7)73-45-57(35-42-76(73)90(87(84,10)53-81)60-27-16-13-17-28-60)69-48-70(58-36-43-77-74(46-58)85(8)51-82(3,4)54-88(85,11)91(77)61-29-18-14-19-30-61)66-40-41-68-72(64-34-24-26-56-25-22-23-33-63(56)64)49-71(67-39-38-65(69)79(66)80(67)68)59-37-44-78-75(47-59)86(9)52-83(5,6)55-89(86,12)92(78)62-31-20-15-21-32-62/h13-49H,50-55H2,1-12H3. The molecule has 3 heteroatoms. The minimum absolute atomic E-state index is 0.0861. The molecule has 0 bridgehead atoms. The van der Waals surface area contributed by atoms with Gasteiger partial charge >= 0.3 is 0 Å². The molecule has 3 aliphatic carbocycles. The van der Waals surface area contributed by atoms with Crippen LogP contribution in [0.4, 0.5) is 34.1 Å². The molecular formula is C89H85N3. The molecule has 12 aromatic rings. The molecule has 0 aromatic heterocycles. The van der Waals surface area contributed by atoms with Crippen LogP contribution in [0.25, 0.3) is 87.6 Å². The third-order valence-electron chi connectivity index (χ3n) is 25.5. The maximum atomic E-state index is 2.72. The summed E-state index contributed by atoms with van der Waals surface area (Å²) in [5.41, 5.74) is 22.4. The molecule has 3 fully saturated rings. The highest BCUT2D eigenvalue weighted by Crippen LogP contribution is 2.71. The molecule has 6 aliphatic rings. The van der Waals surface area contributed by atoms with E-state index in [1.807, 2.05) is 0 Å². The molecule has 0 amide bonds. The minimum Gasteiger partial charge on any atom is -0.334 e. The van der Waals surface area contributed by atoms with Crippen LogP contribution in [0.15, 0.2) is 224 Å². The maximum Gasteiger partial charge on any atom is 0.0523 e. The van der Waals surface area contributed by atoms with Gasteiger partial charge in [0.15, 0.2) is 0 Å². The molecule has 456 valence electrons. The number of anilines is 6. The molecule has 18 rings (SSSR count). The molecule has 12 aromatic carbocycles. The van der Waals surface area contributed by atoms with Crippen molar-refractivity contribution in [3.63, 3.8) is 0 Å². The van der Waals surface area contributed by atoms with Gasteiger partial charge in [0.1, 0.15) is 0 Å². The molecule has 6 unspecified atom stereocenters. The molecule has 6 atom stereocenters. The van der Waals surface area contributed by atoms with Crippen LogP contribution in [-0.4, -0.2) is 16.6 Å². The monoisotopic (exact) mass is 1200 g/mol. The fourth-order valence-corrected chi connectivity index (χ4v) is 22.4. The Labute approximate surface area is 545 Å². The fourth-order valence-electron chi connectivity index (χ4n) is 22.4. The van der Waals surface area contributed by atoms with Crippen molar-refractivity contribution < 1.29 is 0 Å². The van der Waals surface area contributed by atoms with Gasteiger partial charge in [-0.2, -0.15) is 0 Å². The summed E-state index contributed by atoms with van der Waals surface area (Å²) in [7, 11) is 0. The summed E-state index contributed by atoms with van der Waals surface area (Å²) in [6.45, 7) is 30.5. The van der Waals surface area contributed by atoms with E-state index >= 15 is 0 Å². The molecular weight excluding hydrogens is 1110 g/mol. The van der Waals surface area contributed by atoms with Gasteiger partial charge in [-0.05, 0) is 265 Å². The van der Waals surface area contributed by atoms with E-state index in [-0.39, 0.29) is 49.1 Å². The SMILES string of the molecule is CC1(C)CC2(C)c3cc(-c4cc(-c5ccc6c(c5)C5(C)CC(C)(C)CC5(C)N6c5ccccc5)c5ccc6c(-c7cccc8ccccc78)cc(-c7ccc8c(c7)C7(C)CC(C)(C)CC7(C)N8c7ccccc7)c7ccc4c5c76)ccc3N(c3ccccc3)C2(C)C1. The lowest BCUT2D eigenvalue weighted by molar-refractivity contribution is 0.330. The van der Waals surface area contributed by atoms with Crippen LogP contribution >= 0.6 is 0 Å². The molecule has 3 heterocycles. The summed E-state index contributed by atoms with van der Waals surface area (Å²) in [6, 6.07) is 87.8. The summed E-state index contributed by atoms with van der Waals surface area (Å²) in [5.74, 6) is 0. The van der Waals surface area contributed by atoms with Gasteiger partial charge in [0.25, 0.3) is 0 Å². The lowest BCUT2D eigenvalue weighted by Crippen LogP contribution is -2.49. The average Bonchev–Trinajstić information content (AvgIpc) is 1.44. The van der Waals surface area contributed by atoms with E-state index in [1.54, 1.807) is 0 Å². The third-order valence-corrected chi connectivity index (χ3v) is 25.5. The van der Waals surface area contributed by atoms with Crippen LogP contribution in [0.1, 0.15) is 138 Å². The van der Waals surface area contributed by atoms with Crippen molar-refractivity contribution in [1.29, 1.82) is 0 Å². The lowest BCUT2D eigenvalue weighted by Gasteiger charge is -2.42. The first-order chi connectivity index (χ1) is 44.0. The fraction of sp³-hybridized carbons (Fsp3) is 0.303. The Morgan fingerprint density at radius 1 is 0.250 bits per heavy atom. The molecule has 3 aliphatic heterocycles. The van der Waals surface area contributed by atoms with E-state index in [2.05, 4.69) is 322 Å². The second-order valence-corrected chi connectivity index (χ2v) is 33.1. The third kappa shape index (κ3) is 7.29.